The highest BCUT2D eigenvalue weighted by Crippen LogP contribution is 2.27. The monoisotopic (exact) mass is 281 g/mol. The van der Waals surface area contributed by atoms with E-state index in [0.29, 0.717) is 17.3 Å². The van der Waals surface area contributed by atoms with Crippen LogP contribution in [-0.4, -0.2) is 7.11 Å². The third kappa shape index (κ3) is 3.31. The molecule has 2 aromatic rings. The van der Waals surface area contributed by atoms with Crippen molar-refractivity contribution in [3.8, 4) is 5.75 Å². The molecule has 2 aromatic carbocycles. The highest BCUT2D eigenvalue weighted by atomic mass is 35.5. The second-order valence-electron chi connectivity index (χ2n) is 3.83. The van der Waals surface area contributed by atoms with Gasteiger partial charge in [-0.15, -0.1) is 0 Å². The number of nitrogens with one attached hydrogen (secondary N) is 1. The van der Waals surface area contributed by atoms with E-state index in [1.165, 1.54) is 0 Å². The molecule has 0 saturated carbocycles. The Kier molecular flexibility index (Phi) is 4.34. The summed E-state index contributed by atoms with van der Waals surface area (Å²) in [5, 5.41) is 4.63. The number of anilines is 1. The Morgan fingerprint density at radius 2 is 1.94 bits per heavy atom. The number of ether oxygens (including phenoxy) is 1. The Balaban J connectivity index is 2.06. The van der Waals surface area contributed by atoms with E-state index in [4.69, 9.17) is 27.9 Å². The van der Waals surface area contributed by atoms with Gasteiger partial charge in [0, 0.05) is 23.3 Å². The van der Waals surface area contributed by atoms with Gasteiger partial charge in [-0.1, -0.05) is 35.3 Å². The maximum atomic E-state index is 5.96. The molecular formula is C14H13Cl2NO. The molecule has 18 heavy (non-hydrogen) atoms. The standard InChI is InChI=1S/C14H13Cl2NO/c1-18-14-8-12(5-6-13(14)16)17-9-10-3-2-4-11(15)7-10/h2-8,17H,9H2,1H3. The number of benzene rings is 2. The summed E-state index contributed by atoms with van der Waals surface area (Å²) in [6.45, 7) is 0.700. The van der Waals surface area contributed by atoms with Gasteiger partial charge in [0.2, 0.25) is 0 Å². The summed E-state index contributed by atoms with van der Waals surface area (Å²) in [4.78, 5) is 0. The second kappa shape index (κ2) is 5.98. The molecule has 0 bridgehead atoms. The molecular weight excluding hydrogens is 269 g/mol. The minimum atomic E-state index is 0.603. The normalized spacial score (nSPS) is 10.2. The van der Waals surface area contributed by atoms with Gasteiger partial charge in [0.15, 0.2) is 0 Å². The number of halogens is 2. The van der Waals surface area contributed by atoms with Crippen molar-refractivity contribution in [3.63, 3.8) is 0 Å². The van der Waals surface area contributed by atoms with Crippen molar-refractivity contribution >= 4 is 28.9 Å². The molecule has 94 valence electrons. The molecule has 0 atom stereocenters. The highest BCUT2D eigenvalue weighted by molar-refractivity contribution is 6.32. The summed E-state index contributed by atoms with van der Waals surface area (Å²) in [5.41, 5.74) is 2.08. The molecule has 0 unspecified atom stereocenters. The average Bonchev–Trinajstić information content (AvgIpc) is 2.38. The average molecular weight is 282 g/mol. The zero-order valence-electron chi connectivity index (χ0n) is 9.91. The van der Waals surface area contributed by atoms with E-state index in [0.717, 1.165) is 16.3 Å². The van der Waals surface area contributed by atoms with Gasteiger partial charge in [-0.3, -0.25) is 0 Å². The molecule has 0 aliphatic heterocycles. The Labute approximate surface area is 116 Å². The van der Waals surface area contributed by atoms with Crippen molar-refractivity contribution in [2.75, 3.05) is 12.4 Å². The molecule has 2 nitrogen and oxygen atoms in total. The van der Waals surface area contributed by atoms with Crippen molar-refractivity contribution in [2.45, 2.75) is 6.54 Å². The maximum Gasteiger partial charge on any atom is 0.139 e. The predicted molar refractivity (Wildman–Crippen MR) is 76.8 cm³/mol. The minimum Gasteiger partial charge on any atom is -0.495 e. The summed E-state index contributed by atoms with van der Waals surface area (Å²) >= 11 is 11.9. The smallest absolute Gasteiger partial charge is 0.139 e. The van der Waals surface area contributed by atoms with Gasteiger partial charge >= 0.3 is 0 Å². The van der Waals surface area contributed by atoms with E-state index in [2.05, 4.69) is 5.32 Å². The summed E-state index contributed by atoms with van der Waals surface area (Å²) in [6, 6.07) is 13.3. The van der Waals surface area contributed by atoms with Crippen LogP contribution in [0.15, 0.2) is 42.5 Å². The zero-order chi connectivity index (χ0) is 13.0. The van der Waals surface area contributed by atoms with Gasteiger partial charge in [-0.2, -0.15) is 0 Å². The summed E-state index contributed by atoms with van der Waals surface area (Å²) in [7, 11) is 1.60. The molecule has 0 radical (unpaired) electrons. The first-order valence-corrected chi connectivity index (χ1v) is 6.26. The van der Waals surface area contributed by atoms with Crippen LogP contribution in [0.25, 0.3) is 0 Å². The van der Waals surface area contributed by atoms with Crippen molar-refractivity contribution in [1.82, 2.24) is 0 Å². The summed E-state index contributed by atoms with van der Waals surface area (Å²) in [6.07, 6.45) is 0. The van der Waals surface area contributed by atoms with E-state index in [-0.39, 0.29) is 0 Å². The quantitative estimate of drug-likeness (QED) is 0.883. The van der Waals surface area contributed by atoms with Gasteiger partial charge in [-0.05, 0) is 29.8 Å². The predicted octanol–water partition coefficient (Wildman–Crippen LogP) is 4.61. The molecule has 1 N–H and O–H groups in total. The van der Waals surface area contributed by atoms with E-state index >= 15 is 0 Å². The Morgan fingerprint density at radius 3 is 2.67 bits per heavy atom. The van der Waals surface area contributed by atoms with Crippen molar-refractivity contribution < 1.29 is 4.74 Å². The maximum absolute atomic E-state index is 5.96. The Bertz CT molecular complexity index is 543. The Hall–Kier alpha value is -1.38. The number of methoxy groups -OCH3 is 1. The van der Waals surface area contributed by atoms with Crippen molar-refractivity contribution in [2.24, 2.45) is 0 Å². The van der Waals surface area contributed by atoms with Crippen LogP contribution in [0, 0.1) is 0 Å². The second-order valence-corrected chi connectivity index (χ2v) is 4.68. The SMILES string of the molecule is COc1cc(NCc2cccc(Cl)c2)ccc1Cl. The fourth-order valence-corrected chi connectivity index (χ4v) is 2.03. The first kappa shape index (κ1) is 13.1. The first-order chi connectivity index (χ1) is 8.69. The number of hydrogen-bond donors (Lipinski definition) is 1. The van der Waals surface area contributed by atoms with E-state index in [1.54, 1.807) is 13.2 Å². The molecule has 0 aromatic heterocycles. The van der Waals surface area contributed by atoms with Crippen LogP contribution in [0.3, 0.4) is 0 Å². The van der Waals surface area contributed by atoms with Crippen LogP contribution < -0.4 is 10.1 Å². The number of rotatable bonds is 4. The molecule has 0 spiro atoms. The van der Waals surface area contributed by atoms with Crippen LogP contribution >= 0.6 is 23.2 Å². The van der Waals surface area contributed by atoms with E-state index in [9.17, 15) is 0 Å². The lowest BCUT2D eigenvalue weighted by molar-refractivity contribution is 0.415. The highest BCUT2D eigenvalue weighted by Gasteiger charge is 2.02. The summed E-state index contributed by atoms with van der Waals surface area (Å²) in [5.74, 6) is 0.660. The van der Waals surface area contributed by atoms with Crippen molar-refractivity contribution in [3.05, 3.63) is 58.1 Å². The van der Waals surface area contributed by atoms with E-state index < -0.39 is 0 Å². The van der Waals surface area contributed by atoms with Crippen LogP contribution in [-0.2, 0) is 6.54 Å². The van der Waals surface area contributed by atoms with Crippen LogP contribution in [0.2, 0.25) is 10.0 Å². The topological polar surface area (TPSA) is 21.3 Å². The lowest BCUT2D eigenvalue weighted by atomic mass is 10.2. The lowest BCUT2D eigenvalue weighted by Gasteiger charge is -2.09. The largest absolute Gasteiger partial charge is 0.495 e. The molecule has 0 amide bonds. The summed E-state index contributed by atoms with van der Waals surface area (Å²) < 4.78 is 5.16. The van der Waals surface area contributed by atoms with Crippen LogP contribution in [0.1, 0.15) is 5.56 Å². The van der Waals surface area contributed by atoms with Crippen molar-refractivity contribution in [1.29, 1.82) is 0 Å². The molecule has 0 aliphatic rings. The molecule has 0 aliphatic carbocycles. The van der Waals surface area contributed by atoms with Crippen LogP contribution in [0.5, 0.6) is 5.75 Å². The molecule has 0 fully saturated rings. The lowest BCUT2D eigenvalue weighted by Crippen LogP contribution is -1.99. The van der Waals surface area contributed by atoms with Gasteiger partial charge in [0.25, 0.3) is 0 Å². The Morgan fingerprint density at radius 1 is 1.11 bits per heavy atom. The molecule has 2 rings (SSSR count). The third-order valence-corrected chi connectivity index (χ3v) is 3.08. The molecule has 0 heterocycles. The van der Waals surface area contributed by atoms with Gasteiger partial charge < -0.3 is 10.1 Å². The third-order valence-electron chi connectivity index (χ3n) is 2.54. The van der Waals surface area contributed by atoms with Gasteiger partial charge in [0.05, 0.1) is 12.1 Å². The fraction of sp³-hybridized carbons (Fsp3) is 0.143. The fourth-order valence-electron chi connectivity index (χ4n) is 1.62. The van der Waals surface area contributed by atoms with E-state index in [1.807, 2.05) is 36.4 Å². The minimum absolute atomic E-state index is 0.603. The zero-order valence-corrected chi connectivity index (χ0v) is 11.4. The number of hydrogen-bond acceptors (Lipinski definition) is 2. The first-order valence-electron chi connectivity index (χ1n) is 5.51. The van der Waals surface area contributed by atoms with Gasteiger partial charge in [-0.25, -0.2) is 0 Å². The van der Waals surface area contributed by atoms with Crippen LogP contribution in [0.4, 0.5) is 5.69 Å². The molecule has 0 saturated heterocycles. The van der Waals surface area contributed by atoms with Gasteiger partial charge in [0.1, 0.15) is 5.75 Å². The molecule has 4 heteroatoms.